The maximum absolute atomic E-state index is 14.8. The third-order valence-corrected chi connectivity index (χ3v) is 8.33. The summed E-state index contributed by atoms with van der Waals surface area (Å²) in [7, 11) is 3.63. The van der Waals surface area contributed by atoms with E-state index < -0.39 is 11.6 Å². The maximum atomic E-state index is 14.8. The number of benzene rings is 3. The van der Waals surface area contributed by atoms with Crippen LogP contribution < -0.4 is 14.9 Å². The van der Waals surface area contributed by atoms with E-state index in [1.54, 1.807) is 36.8 Å². The highest BCUT2D eigenvalue weighted by Gasteiger charge is 2.24. The lowest BCUT2D eigenvalue weighted by atomic mass is 10.0. The number of pyridine rings is 1. The van der Waals surface area contributed by atoms with E-state index in [4.69, 9.17) is 14.2 Å². The first-order valence-electron chi connectivity index (χ1n) is 14.0. The SMILES string of the molecule is CCOC(=O)Oc1cn(Cc2ccccc2F)c2sc(Cc3ccc(OC)cc3)c(CN(C)Cc3ccccc3)c2c1=O. The van der Waals surface area contributed by atoms with Crippen LogP contribution in [0.2, 0.25) is 0 Å². The van der Waals surface area contributed by atoms with Gasteiger partial charge in [0.25, 0.3) is 0 Å². The Labute approximate surface area is 253 Å². The molecule has 5 aromatic rings. The van der Waals surface area contributed by atoms with Crippen LogP contribution in [0.25, 0.3) is 10.2 Å². The summed E-state index contributed by atoms with van der Waals surface area (Å²) in [6.45, 7) is 3.04. The Morgan fingerprint density at radius 3 is 2.37 bits per heavy atom. The van der Waals surface area contributed by atoms with Gasteiger partial charge in [0, 0.05) is 30.0 Å². The second-order valence-corrected chi connectivity index (χ2v) is 11.3. The molecule has 0 saturated heterocycles. The molecule has 0 amide bonds. The van der Waals surface area contributed by atoms with Gasteiger partial charge in [0.15, 0.2) is 5.75 Å². The number of halogens is 1. The highest BCUT2D eigenvalue weighted by molar-refractivity contribution is 7.18. The second kappa shape index (κ2) is 13.7. The van der Waals surface area contributed by atoms with Gasteiger partial charge in [0.1, 0.15) is 16.4 Å². The largest absolute Gasteiger partial charge is 0.514 e. The smallest absolute Gasteiger partial charge is 0.497 e. The highest BCUT2D eigenvalue weighted by atomic mass is 32.1. The first kappa shape index (κ1) is 30.0. The number of fused-ring (bicyclic) bond motifs is 1. The average molecular weight is 601 g/mol. The minimum atomic E-state index is -0.965. The van der Waals surface area contributed by atoms with Gasteiger partial charge in [0.05, 0.1) is 31.8 Å². The molecule has 0 aliphatic carbocycles. The molecule has 3 aromatic carbocycles. The van der Waals surface area contributed by atoms with Gasteiger partial charge in [-0.3, -0.25) is 9.69 Å². The molecule has 7 nitrogen and oxygen atoms in total. The van der Waals surface area contributed by atoms with Gasteiger partial charge in [-0.1, -0.05) is 60.7 Å². The Hall–Kier alpha value is -4.47. The first-order valence-corrected chi connectivity index (χ1v) is 14.8. The molecule has 0 unspecified atom stereocenters. The number of thiophene rings is 1. The van der Waals surface area contributed by atoms with Crippen LogP contribution in [0, 0.1) is 5.82 Å². The Balaban J connectivity index is 1.66. The van der Waals surface area contributed by atoms with E-state index in [9.17, 15) is 14.0 Å². The first-order chi connectivity index (χ1) is 20.9. The number of nitrogens with zero attached hydrogens (tertiary/aromatic N) is 2. The minimum Gasteiger partial charge on any atom is -0.497 e. The van der Waals surface area contributed by atoms with E-state index in [0.29, 0.717) is 35.3 Å². The zero-order valence-electron chi connectivity index (χ0n) is 24.3. The van der Waals surface area contributed by atoms with Crippen molar-refractivity contribution in [2.45, 2.75) is 33.0 Å². The summed E-state index contributed by atoms with van der Waals surface area (Å²) < 4.78 is 32.3. The summed E-state index contributed by atoms with van der Waals surface area (Å²) in [5.74, 6) is 0.233. The lowest BCUT2D eigenvalue weighted by Crippen LogP contribution is -2.21. The van der Waals surface area contributed by atoms with E-state index >= 15 is 0 Å². The van der Waals surface area contributed by atoms with Crippen molar-refractivity contribution in [1.29, 1.82) is 0 Å². The Bertz CT molecular complexity index is 1770. The van der Waals surface area contributed by atoms with Crippen molar-refractivity contribution in [3.05, 3.63) is 128 Å². The van der Waals surface area contributed by atoms with Crippen molar-refractivity contribution in [3.63, 3.8) is 0 Å². The Morgan fingerprint density at radius 1 is 0.953 bits per heavy atom. The fourth-order valence-corrected chi connectivity index (χ4v) is 6.33. The van der Waals surface area contributed by atoms with Crippen LogP contribution >= 0.6 is 11.3 Å². The van der Waals surface area contributed by atoms with Crippen LogP contribution in [-0.2, 0) is 30.8 Å². The highest BCUT2D eigenvalue weighted by Crippen LogP contribution is 2.35. The van der Waals surface area contributed by atoms with E-state index in [1.807, 2.05) is 49.5 Å². The number of rotatable bonds is 11. The van der Waals surface area contributed by atoms with Crippen molar-refractivity contribution in [3.8, 4) is 11.5 Å². The van der Waals surface area contributed by atoms with E-state index in [-0.39, 0.29) is 24.7 Å². The van der Waals surface area contributed by atoms with Crippen molar-refractivity contribution < 1.29 is 23.4 Å². The van der Waals surface area contributed by atoms with Crippen LogP contribution in [0.1, 0.15) is 34.1 Å². The molecule has 5 rings (SSSR count). The van der Waals surface area contributed by atoms with Gasteiger partial charge in [-0.15, -0.1) is 11.3 Å². The summed E-state index contributed by atoms with van der Waals surface area (Å²) >= 11 is 1.49. The average Bonchev–Trinajstić information content (AvgIpc) is 3.35. The van der Waals surface area contributed by atoms with E-state index in [2.05, 4.69) is 17.0 Å². The predicted octanol–water partition coefficient (Wildman–Crippen LogP) is 7.02. The number of methoxy groups -OCH3 is 1. The van der Waals surface area contributed by atoms with Gasteiger partial charge in [0.2, 0.25) is 5.43 Å². The lowest BCUT2D eigenvalue weighted by molar-refractivity contribution is 0.104. The Kier molecular flexibility index (Phi) is 9.54. The van der Waals surface area contributed by atoms with Gasteiger partial charge in [-0.25, -0.2) is 9.18 Å². The predicted molar refractivity (Wildman–Crippen MR) is 167 cm³/mol. The van der Waals surface area contributed by atoms with Crippen molar-refractivity contribution in [1.82, 2.24) is 9.47 Å². The van der Waals surface area contributed by atoms with Crippen LogP contribution in [0.5, 0.6) is 11.5 Å². The van der Waals surface area contributed by atoms with E-state index in [1.165, 1.54) is 23.6 Å². The molecule has 0 aliphatic heterocycles. The van der Waals surface area contributed by atoms with Gasteiger partial charge in [-0.2, -0.15) is 0 Å². The molecule has 2 heterocycles. The quantitative estimate of drug-likeness (QED) is 0.152. The van der Waals surface area contributed by atoms with Crippen LogP contribution in [0.15, 0.2) is 89.9 Å². The molecule has 222 valence electrons. The van der Waals surface area contributed by atoms with Gasteiger partial charge >= 0.3 is 6.16 Å². The molecule has 0 radical (unpaired) electrons. The Morgan fingerprint density at radius 2 is 1.67 bits per heavy atom. The second-order valence-electron chi connectivity index (χ2n) is 10.2. The fraction of sp³-hybridized carbons (Fsp3) is 0.235. The molecule has 43 heavy (non-hydrogen) atoms. The molecule has 0 spiro atoms. The van der Waals surface area contributed by atoms with Crippen molar-refractivity contribution in [2.24, 2.45) is 0 Å². The topological polar surface area (TPSA) is 70.0 Å². The number of aromatic nitrogens is 1. The minimum absolute atomic E-state index is 0.102. The summed E-state index contributed by atoms with van der Waals surface area (Å²) in [6.07, 6.45) is 1.08. The summed E-state index contributed by atoms with van der Waals surface area (Å²) in [6, 6.07) is 24.4. The molecule has 0 bridgehead atoms. The summed E-state index contributed by atoms with van der Waals surface area (Å²) in [4.78, 5) is 30.1. The van der Waals surface area contributed by atoms with Gasteiger partial charge in [-0.05, 0) is 48.9 Å². The van der Waals surface area contributed by atoms with E-state index in [0.717, 1.165) is 27.3 Å². The molecular formula is C34H33FN2O5S. The third kappa shape index (κ3) is 7.13. The fourth-order valence-electron chi connectivity index (χ4n) is 5.01. The van der Waals surface area contributed by atoms with Crippen LogP contribution in [-0.4, -0.2) is 36.4 Å². The molecule has 0 saturated carbocycles. The molecule has 9 heteroatoms. The number of carbonyl (C=O) groups is 1. The molecule has 0 fully saturated rings. The monoisotopic (exact) mass is 600 g/mol. The number of hydrogen-bond donors (Lipinski definition) is 0. The number of hydrogen-bond acceptors (Lipinski definition) is 7. The lowest BCUT2D eigenvalue weighted by Gasteiger charge is -2.18. The molecule has 0 N–H and O–H groups in total. The molecule has 0 aliphatic rings. The van der Waals surface area contributed by atoms with Crippen molar-refractivity contribution in [2.75, 3.05) is 20.8 Å². The summed E-state index contributed by atoms with van der Waals surface area (Å²) in [5, 5.41) is 0.451. The molecule has 0 atom stereocenters. The zero-order chi connectivity index (χ0) is 30.3. The standard InChI is InChI=1S/C34H33FN2O5S/c1-4-41-34(39)42-29-22-37(20-25-12-8-9-13-28(25)35)33-31(32(29)38)27(21-36(2)19-24-10-6-5-7-11-24)30(43-33)18-23-14-16-26(40-3)17-15-23/h5-17,22H,4,18-21H2,1-3H3. The van der Waals surface area contributed by atoms with Gasteiger partial charge < -0.3 is 18.8 Å². The van der Waals surface area contributed by atoms with Crippen LogP contribution in [0.4, 0.5) is 9.18 Å². The number of carbonyl (C=O) groups excluding carboxylic acids is 1. The normalized spacial score (nSPS) is 11.2. The summed E-state index contributed by atoms with van der Waals surface area (Å²) in [5.41, 5.74) is 3.08. The van der Waals surface area contributed by atoms with Crippen molar-refractivity contribution >= 4 is 27.7 Å². The molecular weight excluding hydrogens is 567 g/mol. The maximum Gasteiger partial charge on any atom is 0.514 e. The van der Waals surface area contributed by atoms with Crippen LogP contribution in [0.3, 0.4) is 0 Å². The third-order valence-electron chi connectivity index (χ3n) is 7.06. The number of ether oxygens (including phenoxy) is 3. The zero-order valence-corrected chi connectivity index (χ0v) is 25.2. The molecule has 2 aromatic heterocycles.